The fourth-order valence-electron chi connectivity index (χ4n) is 2.16. The van der Waals surface area contributed by atoms with Crippen LogP contribution in [0.5, 0.6) is 0 Å². The third-order valence-corrected chi connectivity index (χ3v) is 3.88. The van der Waals surface area contributed by atoms with Crippen LogP contribution in [0, 0.1) is 23.0 Å². The summed E-state index contributed by atoms with van der Waals surface area (Å²) in [5.41, 5.74) is 1.06. The highest BCUT2D eigenvalue weighted by Gasteiger charge is 2.25. The number of aromatic nitrogens is 1. The summed E-state index contributed by atoms with van der Waals surface area (Å²) in [4.78, 5) is 34.7. The van der Waals surface area contributed by atoms with Gasteiger partial charge in [-0.2, -0.15) is 0 Å². The molecular formula is C16H17N3O5. The third-order valence-electron chi connectivity index (χ3n) is 3.88. The van der Waals surface area contributed by atoms with Crippen LogP contribution < -0.4 is 5.32 Å². The van der Waals surface area contributed by atoms with Gasteiger partial charge in [-0.15, -0.1) is 0 Å². The lowest BCUT2D eigenvalue weighted by Crippen LogP contribution is -2.40. The number of nitro benzene ring substituents is 1. The van der Waals surface area contributed by atoms with Crippen LogP contribution in [-0.2, 0) is 0 Å². The van der Waals surface area contributed by atoms with Crippen molar-refractivity contribution in [1.82, 2.24) is 10.5 Å². The molecule has 1 aromatic carbocycles. The molecule has 24 heavy (non-hydrogen) atoms. The van der Waals surface area contributed by atoms with Crippen molar-refractivity contribution < 1.29 is 19.0 Å². The second kappa shape index (κ2) is 7.03. The number of nitrogens with one attached hydrogen (secondary N) is 1. The Bertz CT molecular complexity index is 766. The van der Waals surface area contributed by atoms with E-state index in [-0.39, 0.29) is 17.4 Å². The number of nitrogens with zero attached hydrogens (tertiary/aromatic N) is 2. The Balaban J connectivity index is 2.05. The topological polar surface area (TPSA) is 115 Å². The van der Waals surface area contributed by atoms with E-state index in [1.165, 1.54) is 30.5 Å². The van der Waals surface area contributed by atoms with Crippen LogP contribution in [0.3, 0.4) is 0 Å². The van der Waals surface area contributed by atoms with Crippen LogP contribution in [0.1, 0.15) is 40.3 Å². The Labute approximate surface area is 138 Å². The molecule has 0 saturated heterocycles. The van der Waals surface area contributed by atoms with E-state index in [4.69, 9.17) is 4.52 Å². The molecule has 0 radical (unpaired) electrons. The van der Waals surface area contributed by atoms with Gasteiger partial charge in [0.05, 0.1) is 10.6 Å². The summed E-state index contributed by atoms with van der Waals surface area (Å²) in [5, 5.41) is 17.0. The number of non-ortho nitro benzene ring substituents is 1. The molecule has 1 N–H and O–H groups in total. The number of carbonyl (C=O) groups is 2. The van der Waals surface area contributed by atoms with Crippen molar-refractivity contribution >= 4 is 17.4 Å². The fraction of sp³-hybridized carbons (Fsp3) is 0.312. The van der Waals surface area contributed by atoms with E-state index < -0.39 is 16.9 Å². The molecule has 1 amide bonds. The van der Waals surface area contributed by atoms with Crippen molar-refractivity contribution in [2.75, 3.05) is 0 Å². The molecule has 0 spiro atoms. The SMILES string of the molecule is Cc1nocc1C(=O)NC(C)C(C)C(=O)c1ccc([N+](=O)[O-])cc1. The van der Waals surface area contributed by atoms with Crippen LogP contribution in [0.25, 0.3) is 0 Å². The molecule has 0 aliphatic rings. The number of benzene rings is 1. The van der Waals surface area contributed by atoms with Crippen LogP contribution in [0.15, 0.2) is 35.1 Å². The first-order chi connectivity index (χ1) is 11.3. The first kappa shape index (κ1) is 17.3. The lowest BCUT2D eigenvalue weighted by Gasteiger charge is -2.20. The lowest BCUT2D eigenvalue weighted by atomic mass is 9.93. The molecule has 0 aliphatic carbocycles. The van der Waals surface area contributed by atoms with Gasteiger partial charge in [-0.1, -0.05) is 12.1 Å². The van der Waals surface area contributed by atoms with Crippen LogP contribution in [-0.4, -0.2) is 27.8 Å². The highest BCUT2D eigenvalue weighted by atomic mass is 16.6. The number of aryl methyl sites for hydroxylation is 1. The minimum Gasteiger partial charge on any atom is -0.364 e. The minimum absolute atomic E-state index is 0.0801. The second-order valence-electron chi connectivity index (χ2n) is 5.53. The highest BCUT2D eigenvalue weighted by molar-refractivity contribution is 5.99. The molecule has 0 bridgehead atoms. The number of hydrogen-bond acceptors (Lipinski definition) is 6. The van der Waals surface area contributed by atoms with E-state index in [1.807, 2.05) is 0 Å². The summed E-state index contributed by atoms with van der Waals surface area (Å²) in [5.74, 6) is -1.08. The second-order valence-corrected chi connectivity index (χ2v) is 5.53. The van der Waals surface area contributed by atoms with Crippen molar-refractivity contribution in [3.05, 3.63) is 57.5 Å². The maximum absolute atomic E-state index is 12.5. The van der Waals surface area contributed by atoms with Gasteiger partial charge in [0.2, 0.25) is 0 Å². The molecule has 8 nitrogen and oxygen atoms in total. The molecule has 1 aromatic heterocycles. The molecule has 126 valence electrons. The molecular weight excluding hydrogens is 314 g/mol. The molecule has 8 heteroatoms. The lowest BCUT2D eigenvalue weighted by molar-refractivity contribution is -0.384. The molecule has 2 unspecified atom stereocenters. The normalized spacial score (nSPS) is 13.1. The van der Waals surface area contributed by atoms with Crippen LogP contribution in [0.4, 0.5) is 5.69 Å². The zero-order valence-electron chi connectivity index (χ0n) is 13.5. The zero-order valence-corrected chi connectivity index (χ0v) is 13.5. The predicted octanol–water partition coefficient (Wildman–Crippen LogP) is 2.53. The Hall–Kier alpha value is -3.03. The standard InChI is InChI=1S/C16H17N3O5/c1-9(10(2)17-16(21)14-8-24-18-11(14)3)15(20)12-4-6-13(7-5-12)19(22)23/h4-10H,1-3H3,(H,17,21). The molecule has 0 fully saturated rings. The van der Waals surface area contributed by atoms with E-state index in [9.17, 15) is 19.7 Å². The Kier molecular flexibility index (Phi) is 5.08. The summed E-state index contributed by atoms with van der Waals surface area (Å²) < 4.78 is 4.72. The monoisotopic (exact) mass is 331 g/mol. The summed E-state index contributed by atoms with van der Waals surface area (Å²) in [6.07, 6.45) is 1.25. The highest BCUT2D eigenvalue weighted by Crippen LogP contribution is 2.17. The summed E-state index contributed by atoms with van der Waals surface area (Å²) in [6, 6.07) is 4.95. The maximum Gasteiger partial charge on any atom is 0.269 e. The summed E-state index contributed by atoms with van der Waals surface area (Å²) in [7, 11) is 0. The first-order valence-corrected chi connectivity index (χ1v) is 7.31. The van der Waals surface area contributed by atoms with E-state index in [0.29, 0.717) is 16.8 Å². The molecule has 0 aliphatic heterocycles. The average Bonchev–Trinajstić information content (AvgIpc) is 2.99. The number of ketones is 1. The van der Waals surface area contributed by atoms with Crippen LogP contribution >= 0.6 is 0 Å². The van der Waals surface area contributed by atoms with E-state index in [2.05, 4.69) is 10.5 Å². The Morgan fingerprint density at radius 1 is 1.25 bits per heavy atom. The molecule has 2 rings (SSSR count). The van der Waals surface area contributed by atoms with Crippen molar-refractivity contribution in [3.63, 3.8) is 0 Å². The maximum atomic E-state index is 12.5. The third kappa shape index (κ3) is 3.65. The van der Waals surface area contributed by atoms with Gasteiger partial charge >= 0.3 is 0 Å². The summed E-state index contributed by atoms with van der Waals surface area (Å²) >= 11 is 0. The molecule has 2 aromatic rings. The average molecular weight is 331 g/mol. The van der Waals surface area contributed by atoms with Gasteiger partial charge < -0.3 is 9.84 Å². The quantitative estimate of drug-likeness (QED) is 0.494. The van der Waals surface area contributed by atoms with Gasteiger partial charge in [-0.05, 0) is 26.0 Å². The molecule has 2 atom stereocenters. The van der Waals surface area contributed by atoms with Gasteiger partial charge in [0.15, 0.2) is 5.78 Å². The molecule has 1 heterocycles. The zero-order chi connectivity index (χ0) is 17.9. The first-order valence-electron chi connectivity index (χ1n) is 7.31. The van der Waals surface area contributed by atoms with Crippen molar-refractivity contribution in [3.8, 4) is 0 Å². The van der Waals surface area contributed by atoms with E-state index in [0.717, 1.165) is 0 Å². The van der Waals surface area contributed by atoms with Gasteiger partial charge in [0.1, 0.15) is 11.8 Å². The number of hydrogen-bond donors (Lipinski definition) is 1. The number of nitro groups is 1. The summed E-state index contributed by atoms with van der Waals surface area (Å²) in [6.45, 7) is 5.05. The van der Waals surface area contributed by atoms with Crippen molar-refractivity contribution in [1.29, 1.82) is 0 Å². The Morgan fingerprint density at radius 3 is 2.38 bits per heavy atom. The number of rotatable bonds is 6. The van der Waals surface area contributed by atoms with E-state index in [1.54, 1.807) is 20.8 Å². The van der Waals surface area contributed by atoms with E-state index >= 15 is 0 Å². The van der Waals surface area contributed by atoms with Gasteiger partial charge in [0.25, 0.3) is 11.6 Å². The molecule has 0 saturated carbocycles. The minimum atomic E-state index is -0.526. The van der Waals surface area contributed by atoms with Crippen molar-refractivity contribution in [2.45, 2.75) is 26.8 Å². The predicted molar refractivity (Wildman–Crippen MR) is 84.8 cm³/mol. The number of Topliss-reactive ketones (excluding diaryl/α,β-unsaturated/α-hetero) is 1. The van der Waals surface area contributed by atoms with Gasteiger partial charge in [-0.3, -0.25) is 19.7 Å². The number of carbonyl (C=O) groups excluding carboxylic acids is 2. The number of amides is 1. The van der Waals surface area contributed by atoms with Gasteiger partial charge in [0, 0.05) is 29.7 Å². The fourth-order valence-corrected chi connectivity index (χ4v) is 2.16. The van der Waals surface area contributed by atoms with Crippen LogP contribution in [0.2, 0.25) is 0 Å². The van der Waals surface area contributed by atoms with Gasteiger partial charge in [-0.25, -0.2) is 0 Å². The Morgan fingerprint density at radius 2 is 1.88 bits per heavy atom. The van der Waals surface area contributed by atoms with Crippen molar-refractivity contribution in [2.24, 2.45) is 5.92 Å². The smallest absolute Gasteiger partial charge is 0.269 e. The largest absolute Gasteiger partial charge is 0.364 e.